The smallest absolute Gasteiger partial charge is 0.246 e. The summed E-state index contributed by atoms with van der Waals surface area (Å²) >= 11 is 0. The van der Waals surface area contributed by atoms with Gasteiger partial charge in [0.25, 0.3) is 0 Å². The van der Waals surface area contributed by atoms with Gasteiger partial charge in [-0.2, -0.15) is 0 Å². The molecule has 2 amide bonds. The van der Waals surface area contributed by atoms with E-state index in [1.807, 2.05) is 11.8 Å². The highest BCUT2D eigenvalue weighted by Crippen LogP contribution is 2.36. The summed E-state index contributed by atoms with van der Waals surface area (Å²) in [4.78, 5) is 26.9. The van der Waals surface area contributed by atoms with E-state index in [0.29, 0.717) is 5.92 Å². The first-order valence-corrected chi connectivity index (χ1v) is 8.31. The number of hydrogen-bond donors (Lipinski definition) is 1. The Labute approximate surface area is 121 Å². The van der Waals surface area contributed by atoms with Crippen LogP contribution in [0, 0.1) is 5.92 Å². The van der Waals surface area contributed by atoms with Gasteiger partial charge in [0.15, 0.2) is 0 Å². The molecule has 3 rings (SSSR count). The van der Waals surface area contributed by atoms with Gasteiger partial charge in [0.2, 0.25) is 11.8 Å². The normalized spacial score (nSPS) is 33.5. The van der Waals surface area contributed by atoms with Crippen LogP contribution in [0.4, 0.5) is 0 Å². The van der Waals surface area contributed by atoms with Crippen LogP contribution in [0.3, 0.4) is 0 Å². The van der Waals surface area contributed by atoms with Crippen molar-refractivity contribution in [3.63, 3.8) is 0 Å². The first-order valence-electron chi connectivity index (χ1n) is 8.31. The summed E-state index contributed by atoms with van der Waals surface area (Å²) in [5, 5.41) is 2.94. The van der Waals surface area contributed by atoms with E-state index in [4.69, 9.17) is 0 Å². The lowest BCUT2D eigenvalue weighted by Gasteiger charge is -2.43. The van der Waals surface area contributed by atoms with E-state index in [1.165, 1.54) is 32.1 Å². The van der Waals surface area contributed by atoms with E-state index in [-0.39, 0.29) is 29.9 Å². The standard InChI is InChI=1S/C16H26N2O2/c1-11-15(19)17-14(12-9-10-12)16(20)18(11)13-7-5-3-2-4-6-8-13/h11-14H,2-10H2,1H3,(H,17,19). The second-order valence-corrected chi connectivity index (χ2v) is 6.74. The molecule has 3 fully saturated rings. The molecule has 2 atom stereocenters. The largest absolute Gasteiger partial charge is 0.342 e. The fourth-order valence-electron chi connectivity index (χ4n) is 3.77. The average Bonchev–Trinajstić information content (AvgIpc) is 3.20. The lowest BCUT2D eigenvalue weighted by molar-refractivity contribution is -0.152. The van der Waals surface area contributed by atoms with Gasteiger partial charge < -0.3 is 10.2 Å². The summed E-state index contributed by atoms with van der Waals surface area (Å²) in [7, 11) is 0. The van der Waals surface area contributed by atoms with Crippen molar-refractivity contribution in [2.45, 2.75) is 82.8 Å². The molecule has 0 aromatic rings. The number of piperazine rings is 1. The molecule has 1 saturated heterocycles. The Morgan fingerprint density at radius 2 is 1.55 bits per heavy atom. The van der Waals surface area contributed by atoms with Crippen molar-refractivity contribution in [1.82, 2.24) is 10.2 Å². The second-order valence-electron chi connectivity index (χ2n) is 6.74. The van der Waals surface area contributed by atoms with Crippen LogP contribution < -0.4 is 5.32 Å². The van der Waals surface area contributed by atoms with Gasteiger partial charge in [-0.3, -0.25) is 9.59 Å². The Hall–Kier alpha value is -1.06. The van der Waals surface area contributed by atoms with Crippen molar-refractivity contribution in [2.24, 2.45) is 5.92 Å². The number of rotatable bonds is 2. The molecule has 3 aliphatic rings. The Balaban J connectivity index is 1.76. The summed E-state index contributed by atoms with van der Waals surface area (Å²) < 4.78 is 0. The Morgan fingerprint density at radius 3 is 2.15 bits per heavy atom. The fourth-order valence-corrected chi connectivity index (χ4v) is 3.77. The summed E-state index contributed by atoms with van der Waals surface area (Å²) in [6, 6.07) is -0.240. The number of hydrogen-bond acceptors (Lipinski definition) is 2. The van der Waals surface area contributed by atoms with Gasteiger partial charge >= 0.3 is 0 Å². The number of amides is 2. The van der Waals surface area contributed by atoms with Gasteiger partial charge in [0, 0.05) is 6.04 Å². The van der Waals surface area contributed by atoms with E-state index in [1.54, 1.807) is 0 Å². The minimum Gasteiger partial charge on any atom is -0.342 e. The van der Waals surface area contributed by atoms with Crippen molar-refractivity contribution in [3.8, 4) is 0 Å². The third kappa shape index (κ3) is 2.70. The zero-order chi connectivity index (χ0) is 14.1. The van der Waals surface area contributed by atoms with E-state index < -0.39 is 0 Å². The number of carbonyl (C=O) groups is 2. The molecule has 0 radical (unpaired) electrons. The van der Waals surface area contributed by atoms with Crippen LogP contribution in [-0.4, -0.2) is 34.8 Å². The van der Waals surface area contributed by atoms with Crippen molar-refractivity contribution < 1.29 is 9.59 Å². The molecule has 0 bridgehead atoms. The number of nitrogens with one attached hydrogen (secondary N) is 1. The Bertz CT molecular complexity index is 384. The van der Waals surface area contributed by atoms with Crippen molar-refractivity contribution >= 4 is 11.8 Å². The molecule has 20 heavy (non-hydrogen) atoms. The zero-order valence-electron chi connectivity index (χ0n) is 12.4. The summed E-state index contributed by atoms with van der Waals surface area (Å²) in [5.74, 6) is 0.628. The first-order chi connectivity index (χ1) is 9.68. The first kappa shape index (κ1) is 13.9. The Morgan fingerprint density at radius 1 is 0.950 bits per heavy atom. The molecule has 0 aromatic carbocycles. The van der Waals surface area contributed by atoms with Gasteiger partial charge in [-0.05, 0) is 38.5 Å². The molecular weight excluding hydrogens is 252 g/mol. The highest BCUT2D eigenvalue weighted by Gasteiger charge is 2.47. The molecule has 2 aliphatic carbocycles. The van der Waals surface area contributed by atoms with Crippen LogP contribution in [0.1, 0.15) is 64.7 Å². The summed E-state index contributed by atoms with van der Waals surface area (Å²) in [6.07, 6.45) is 10.6. The molecule has 112 valence electrons. The predicted molar refractivity (Wildman–Crippen MR) is 77.1 cm³/mol. The lowest BCUT2D eigenvalue weighted by atomic mass is 9.92. The molecule has 4 nitrogen and oxygen atoms in total. The second kappa shape index (κ2) is 5.74. The highest BCUT2D eigenvalue weighted by atomic mass is 16.2. The van der Waals surface area contributed by atoms with Gasteiger partial charge in [-0.25, -0.2) is 0 Å². The number of carbonyl (C=O) groups excluding carboxylic acids is 2. The van der Waals surface area contributed by atoms with Crippen LogP contribution in [-0.2, 0) is 9.59 Å². The minimum absolute atomic E-state index is 0.0450. The van der Waals surface area contributed by atoms with Crippen LogP contribution in [0.25, 0.3) is 0 Å². The average molecular weight is 278 g/mol. The number of nitrogens with zero attached hydrogens (tertiary/aromatic N) is 1. The maximum atomic E-state index is 12.8. The van der Waals surface area contributed by atoms with Gasteiger partial charge in [-0.15, -0.1) is 0 Å². The molecule has 0 spiro atoms. The van der Waals surface area contributed by atoms with Crippen molar-refractivity contribution in [2.75, 3.05) is 0 Å². The SMILES string of the molecule is CC1C(=O)NC(C2CC2)C(=O)N1C1CCCCCCC1. The van der Waals surface area contributed by atoms with Crippen molar-refractivity contribution in [3.05, 3.63) is 0 Å². The van der Waals surface area contributed by atoms with Gasteiger partial charge in [-0.1, -0.05) is 32.1 Å². The zero-order valence-corrected chi connectivity index (χ0v) is 12.4. The van der Waals surface area contributed by atoms with E-state index in [0.717, 1.165) is 25.7 Å². The molecule has 1 heterocycles. The minimum atomic E-state index is -0.290. The molecule has 2 saturated carbocycles. The molecule has 4 heteroatoms. The topological polar surface area (TPSA) is 49.4 Å². The summed E-state index contributed by atoms with van der Waals surface area (Å²) in [6.45, 7) is 1.88. The van der Waals surface area contributed by atoms with Gasteiger partial charge in [0.1, 0.15) is 12.1 Å². The molecule has 2 unspecified atom stereocenters. The van der Waals surface area contributed by atoms with Crippen molar-refractivity contribution in [1.29, 1.82) is 0 Å². The maximum absolute atomic E-state index is 12.8. The lowest BCUT2D eigenvalue weighted by Crippen LogP contribution is -2.65. The van der Waals surface area contributed by atoms with Crippen LogP contribution in [0.5, 0.6) is 0 Å². The van der Waals surface area contributed by atoms with Crippen LogP contribution in [0.15, 0.2) is 0 Å². The molecular formula is C16H26N2O2. The molecule has 0 aromatic heterocycles. The van der Waals surface area contributed by atoms with E-state index >= 15 is 0 Å². The third-order valence-corrected chi connectivity index (χ3v) is 5.18. The summed E-state index contributed by atoms with van der Waals surface area (Å²) in [5.41, 5.74) is 0. The maximum Gasteiger partial charge on any atom is 0.246 e. The van der Waals surface area contributed by atoms with Crippen LogP contribution in [0.2, 0.25) is 0 Å². The van der Waals surface area contributed by atoms with E-state index in [2.05, 4.69) is 5.32 Å². The highest BCUT2D eigenvalue weighted by molar-refractivity contribution is 5.97. The monoisotopic (exact) mass is 278 g/mol. The Kier molecular flexibility index (Phi) is 3.99. The molecule has 1 aliphatic heterocycles. The van der Waals surface area contributed by atoms with Crippen LogP contribution >= 0.6 is 0 Å². The van der Waals surface area contributed by atoms with Gasteiger partial charge in [0.05, 0.1) is 0 Å². The molecule has 1 N–H and O–H groups in total. The quantitative estimate of drug-likeness (QED) is 0.842. The predicted octanol–water partition coefficient (Wildman–Crippen LogP) is 2.22. The fraction of sp³-hybridized carbons (Fsp3) is 0.875. The third-order valence-electron chi connectivity index (χ3n) is 5.18. The van der Waals surface area contributed by atoms with E-state index in [9.17, 15) is 9.59 Å².